The zero-order valence-corrected chi connectivity index (χ0v) is 40.0. The van der Waals surface area contributed by atoms with E-state index in [4.69, 9.17) is 0 Å². The lowest BCUT2D eigenvalue weighted by molar-refractivity contribution is -0.885. The number of Topliss-reactive ketones (excluding diaryl/α,β-unsaturated/α-hetero) is 2. The molecule has 1 unspecified atom stereocenters. The summed E-state index contributed by atoms with van der Waals surface area (Å²) in [7, 11) is 9.45. The number of likely N-dealkylation sites (N-methyl/N-ethyl adjacent to an activating group) is 1. The van der Waals surface area contributed by atoms with Gasteiger partial charge in [0.2, 0.25) is 5.60 Å². The molecule has 0 rings (SSSR count). The molecule has 0 aliphatic rings. The number of hydrogen-bond acceptors (Lipinski definition) is 3. The fourth-order valence-electron chi connectivity index (χ4n) is 8.48. The Kier molecular flexibility index (Phi) is 39.9. The molecule has 0 saturated heterocycles. The Morgan fingerprint density at radius 3 is 0.696 bits per heavy atom. The molecule has 0 amide bonds. The lowest BCUT2D eigenvalue weighted by Gasteiger charge is -2.46. The maximum absolute atomic E-state index is 13.5. The van der Waals surface area contributed by atoms with E-state index in [1.165, 1.54) is 218 Å². The summed E-state index contributed by atoms with van der Waals surface area (Å²) in [4.78, 5) is 27.0. The predicted octanol–water partition coefficient (Wildman–Crippen LogP) is 16.5. The molecule has 1 atom stereocenters. The van der Waals surface area contributed by atoms with E-state index in [1.54, 1.807) is 0 Å². The van der Waals surface area contributed by atoms with Gasteiger partial charge in [0.05, 0.1) is 21.1 Å². The van der Waals surface area contributed by atoms with Crippen molar-refractivity contribution in [3.05, 3.63) is 0 Å². The molecule has 0 aromatic rings. The second-order valence-electron chi connectivity index (χ2n) is 19.1. The maximum Gasteiger partial charge on any atom is 0.204 e. The van der Waals surface area contributed by atoms with Gasteiger partial charge in [0.25, 0.3) is 0 Å². The fourth-order valence-corrected chi connectivity index (χ4v) is 8.81. The van der Waals surface area contributed by atoms with Crippen molar-refractivity contribution in [2.75, 3.05) is 21.1 Å². The van der Waals surface area contributed by atoms with Crippen molar-refractivity contribution in [2.24, 2.45) is 0 Å². The first-order chi connectivity index (χ1) is 27.1. The second-order valence-corrected chi connectivity index (χ2v) is 19.6. The van der Waals surface area contributed by atoms with Gasteiger partial charge in [0.15, 0.2) is 11.6 Å². The van der Waals surface area contributed by atoms with Crippen molar-refractivity contribution in [1.82, 2.24) is 0 Å². The molecule has 56 heavy (non-hydrogen) atoms. The van der Waals surface area contributed by atoms with Crippen molar-refractivity contribution in [3.63, 3.8) is 0 Å². The van der Waals surface area contributed by atoms with Gasteiger partial charge in [0, 0.05) is 18.6 Å². The highest BCUT2D eigenvalue weighted by molar-refractivity contribution is 7.17. The maximum atomic E-state index is 13.5. The van der Waals surface area contributed by atoms with Crippen LogP contribution in [-0.2, 0) is 9.59 Å². The Labute approximate surface area is 354 Å². The molecule has 0 fully saturated rings. The van der Waals surface area contributed by atoms with E-state index in [9.17, 15) is 14.7 Å². The molecular formula is C51H102NO3P. The van der Waals surface area contributed by atoms with Crippen LogP contribution in [0.15, 0.2) is 0 Å². The van der Waals surface area contributed by atoms with Gasteiger partial charge in [-0.25, -0.2) is 0 Å². The van der Waals surface area contributed by atoms with Crippen molar-refractivity contribution >= 4 is 20.8 Å². The van der Waals surface area contributed by atoms with Gasteiger partial charge in [-0.3, -0.25) is 9.59 Å². The zero-order valence-electron chi connectivity index (χ0n) is 39.0. The van der Waals surface area contributed by atoms with E-state index in [1.807, 2.05) is 21.1 Å². The molecule has 0 aliphatic carbocycles. The van der Waals surface area contributed by atoms with Crippen molar-refractivity contribution in [2.45, 2.75) is 295 Å². The predicted molar refractivity (Wildman–Crippen MR) is 250 cm³/mol. The minimum atomic E-state index is -1.96. The van der Waals surface area contributed by atoms with Gasteiger partial charge in [-0.2, -0.15) is 0 Å². The number of rotatable bonds is 46. The van der Waals surface area contributed by atoms with Crippen LogP contribution < -0.4 is 0 Å². The number of quaternary nitrogens is 1. The number of hydrogen-bond donors (Lipinski definition) is 1. The molecule has 1 N–H and O–H groups in total. The SMILES string of the molecule is CCCCCCCCCCCCCCCCCCCCCCC(=O)C(O)(C(=O)CCCCCCCCCCCCCCCCCCCCCC)C([PH-])[N+](C)(C)C. The summed E-state index contributed by atoms with van der Waals surface area (Å²) in [5.74, 6) is -1.25. The third-order valence-corrected chi connectivity index (χ3v) is 13.7. The smallest absolute Gasteiger partial charge is 0.204 e. The number of carbonyl (C=O) groups is 2. The summed E-state index contributed by atoms with van der Waals surface area (Å²) >= 11 is 0. The van der Waals surface area contributed by atoms with E-state index in [2.05, 4.69) is 23.1 Å². The fraction of sp³-hybridized carbons (Fsp3) is 0.961. The summed E-state index contributed by atoms with van der Waals surface area (Å²) in [6, 6.07) is 0. The quantitative estimate of drug-likeness (QED) is 0.0288. The van der Waals surface area contributed by atoms with E-state index >= 15 is 0 Å². The van der Waals surface area contributed by atoms with Crippen LogP contribution >= 0.6 is 9.24 Å². The third-order valence-electron chi connectivity index (χ3n) is 12.5. The lowest BCUT2D eigenvalue weighted by Crippen LogP contribution is -2.63. The van der Waals surface area contributed by atoms with E-state index < -0.39 is 11.4 Å². The van der Waals surface area contributed by atoms with Crippen molar-refractivity contribution in [1.29, 1.82) is 0 Å². The zero-order chi connectivity index (χ0) is 41.4. The summed E-state index contributed by atoms with van der Waals surface area (Å²) in [6.07, 6.45) is 53.4. The van der Waals surface area contributed by atoms with Crippen molar-refractivity contribution in [3.8, 4) is 0 Å². The molecule has 334 valence electrons. The molecule has 0 spiro atoms. The summed E-state index contributed by atoms with van der Waals surface area (Å²) in [5.41, 5.74) is -1.96. The second kappa shape index (κ2) is 40.1. The van der Waals surface area contributed by atoms with Gasteiger partial charge < -0.3 is 18.8 Å². The Balaban J connectivity index is 3.96. The van der Waals surface area contributed by atoms with Crippen LogP contribution in [0.2, 0.25) is 0 Å². The van der Waals surface area contributed by atoms with E-state index in [0.29, 0.717) is 4.48 Å². The van der Waals surface area contributed by atoms with Gasteiger partial charge in [0.1, 0.15) is 0 Å². The number of aliphatic hydroxyl groups is 1. The van der Waals surface area contributed by atoms with Crippen LogP contribution in [0.25, 0.3) is 0 Å². The Bertz CT molecular complexity index is 799. The van der Waals surface area contributed by atoms with E-state index in [-0.39, 0.29) is 24.4 Å². The van der Waals surface area contributed by atoms with Crippen LogP contribution in [0.5, 0.6) is 0 Å². The van der Waals surface area contributed by atoms with Crippen LogP contribution in [0, 0.1) is 0 Å². The molecule has 0 heterocycles. The van der Waals surface area contributed by atoms with E-state index in [0.717, 1.165) is 38.5 Å². The molecule has 4 nitrogen and oxygen atoms in total. The Morgan fingerprint density at radius 1 is 0.375 bits per heavy atom. The minimum absolute atomic E-state index is 0.279. The van der Waals surface area contributed by atoms with Gasteiger partial charge >= 0.3 is 0 Å². The number of carbonyl (C=O) groups excluding carboxylic acids is 2. The molecule has 0 bridgehead atoms. The average Bonchev–Trinajstić information content (AvgIpc) is 3.18. The van der Waals surface area contributed by atoms with Crippen LogP contribution in [0.1, 0.15) is 284 Å². The number of ketones is 2. The van der Waals surface area contributed by atoms with Crippen LogP contribution in [0.3, 0.4) is 0 Å². The normalized spacial score (nSPS) is 12.8. The topological polar surface area (TPSA) is 54.4 Å². The molecule has 0 aromatic carbocycles. The molecule has 0 saturated carbocycles. The monoisotopic (exact) mass is 808 g/mol. The lowest BCUT2D eigenvalue weighted by atomic mass is 9.85. The van der Waals surface area contributed by atoms with Gasteiger partial charge in [-0.1, -0.05) is 258 Å². The Morgan fingerprint density at radius 2 is 0.536 bits per heavy atom. The highest BCUT2D eigenvalue weighted by Gasteiger charge is 2.48. The van der Waals surface area contributed by atoms with Crippen LogP contribution in [0.4, 0.5) is 0 Å². The third kappa shape index (κ3) is 32.5. The summed E-state index contributed by atoms with van der Waals surface area (Å²) in [5, 5.41) is 11.7. The summed E-state index contributed by atoms with van der Waals surface area (Å²) < 4.78 is 0.309. The molecule has 0 aliphatic heterocycles. The highest BCUT2D eigenvalue weighted by Crippen LogP contribution is 2.31. The highest BCUT2D eigenvalue weighted by atomic mass is 31.0. The average molecular weight is 808 g/mol. The first-order valence-corrected chi connectivity index (χ1v) is 26.0. The van der Waals surface area contributed by atoms with Gasteiger partial charge in [-0.15, -0.1) is 0 Å². The molecule has 5 heteroatoms. The Hall–Kier alpha value is -0.310. The molecule has 0 aromatic heterocycles. The molecular weight excluding hydrogens is 706 g/mol. The number of nitrogens with zero attached hydrogens (tertiary/aromatic N) is 1. The summed E-state index contributed by atoms with van der Waals surface area (Å²) in [6.45, 7) is 4.58. The largest absolute Gasteiger partial charge is 0.488 e. The van der Waals surface area contributed by atoms with Crippen LogP contribution in [-0.4, -0.2) is 53.7 Å². The standard InChI is InChI=1S/C51H102NO3P/c1-6-8-10-12-14-16-18-20-22-24-26-28-30-32-34-36-38-40-42-44-46-48(53)51(55,50(56)52(3,4)5)49(54)47-45-43-41-39-37-35-33-31-29-27-25-23-21-19-17-15-13-11-9-7-2/h50,55-56H,6-47H2,1-5H3. The van der Waals surface area contributed by atoms with Gasteiger partial charge in [-0.05, 0) is 12.8 Å². The molecule has 0 radical (unpaired) electrons. The first-order valence-electron chi connectivity index (χ1n) is 25.4. The number of unbranched alkanes of at least 4 members (excludes halogenated alkanes) is 38. The first kappa shape index (κ1) is 55.7. The van der Waals surface area contributed by atoms with Crippen molar-refractivity contribution < 1.29 is 19.2 Å². The minimum Gasteiger partial charge on any atom is -0.488 e.